The average Bonchev–Trinajstić information content (AvgIpc) is 2.58. The van der Waals surface area contributed by atoms with Gasteiger partial charge in [-0.3, -0.25) is 19.2 Å². The van der Waals surface area contributed by atoms with Crippen LogP contribution in [0.25, 0.3) is 0 Å². The first kappa shape index (κ1) is 19.1. The zero-order chi connectivity index (χ0) is 18.3. The van der Waals surface area contributed by atoms with E-state index in [2.05, 4.69) is 14.8 Å². The first-order valence-electron chi connectivity index (χ1n) is 7.18. The molecule has 0 bridgehead atoms. The number of carbonyl (C=O) groups is 4. The number of nitrogens with two attached hydrogens (primary N) is 1. The standard InChI is InChI=1S/C16H20N2O6/c1-4-11(12(19)23-2)16(13(17)20,15(22)24-3)14(21)18-10-8-6-5-7-9-10/h5-9,11H,4H2,1-3H3,(H2,17,20)(H,18,21). The topological polar surface area (TPSA) is 125 Å². The highest BCUT2D eigenvalue weighted by molar-refractivity contribution is 6.26. The summed E-state index contributed by atoms with van der Waals surface area (Å²) in [7, 11) is 2.09. The van der Waals surface area contributed by atoms with Crippen LogP contribution in [0.1, 0.15) is 13.3 Å². The molecule has 0 aliphatic heterocycles. The van der Waals surface area contributed by atoms with Crippen LogP contribution >= 0.6 is 0 Å². The summed E-state index contributed by atoms with van der Waals surface area (Å²) in [5.41, 5.74) is 3.16. The van der Waals surface area contributed by atoms with E-state index in [1.54, 1.807) is 30.3 Å². The Hall–Kier alpha value is -2.90. The van der Waals surface area contributed by atoms with Crippen molar-refractivity contribution in [2.24, 2.45) is 17.1 Å². The Kier molecular flexibility index (Phi) is 6.46. The number of benzene rings is 1. The second-order valence-electron chi connectivity index (χ2n) is 4.97. The van der Waals surface area contributed by atoms with Crippen LogP contribution in [0.15, 0.2) is 30.3 Å². The molecule has 1 aromatic carbocycles. The molecule has 2 unspecified atom stereocenters. The van der Waals surface area contributed by atoms with Gasteiger partial charge in [0, 0.05) is 5.69 Å². The Morgan fingerprint density at radius 1 is 1.12 bits per heavy atom. The molecular formula is C16H20N2O6. The van der Waals surface area contributed by atoms with Crippen LogP contribution in [0, 0.1) is 11.3 Å². The van der Waals surface area contributed by atoms with E-state index in [9.17, 15) is 19.2 Å². The number of anilines is 1. The minimum atomic E-state index is -2.54. The smallest absolute Gasteiger partial charge is 0.332 e. The van der Waals surface area contributed by atoms with Crippen LogP contribution < -0.4 is 11.1 Å². The van der Waals surface area contributed by atoms with Gasteiger partial charge >= 0.3 is 11.9 Å². The van der Waals surface area contributed by atoms with Crippen molar-refractivity contribution in [3.63, 3.8) is 0 Å². The van der Waals surface area contributed by atoms with Gasteiger partial charge in [0.1, 0.15) is 0 Å². The van der Waals surface area contributed by atoms with Crippen LogP contribution in [0.2, 0.25) is 0 Å². The molecule has 0 saturated carbocycles. The van der Waals surface area contributed by atoms with Gasteiger partial charge in [0.05, 0.1) is 20.1 Å². The van der Waals surface area contributed by atoms with Gasteiger partial charge in [0.2, 0.25) is 11.3 Å². The Morgan fingerprint density at radius 2 is 1.71 bits per heavy atom. The molecule has 0 heterocycles. The molecule has 24 heavy (non-hydrogen) atoms. The molecule has 1 rings (SSSR count). The van der Waals surface area contributed by atoms with Crippen molar-refractivity contribution in [3.8, 4) is 0 Å². The summed E-state index contributed by atoms with van der Waals surface area (Å²) in [4.78, 5) is 49.3. The van der Waals surface area contributed by atoms with Crippen LogP contribution in [0.4, 0.5) is 5.69 Å². The van der Waals surface area contributed by atoms with Gasteiger partial charge in [-0.05, 0) is 18.6 Å². The predicted octanol–water partition coefficient (Wildman–Crippen LogP) is 0.469. The first-order chi connectivity index (χ1) is 11.4. The summed E-state index contributed by atoms with van der Waals surface area (Å²) in [6.45, 7) is 1.53. The molecule has 0 aliphatic carbocycles. The van der Waals surface area contributed by atoms with E-state index >= 15 is 0 Å². The lowest BCUT2D eigenvalue weighted by Crippen LogP contribution is -2.59. The molecule has 3 N–H and O–H groups in total. The van der Waals surface area contributed by atoms with E-state index in [0.717, 1.165) is 14.2 Å². The highest BCUT2D eigenvalue weighted by Crippen LogP contribution is 2.34. The minimum Gasteiger partial charge on any atom is -0.469 e. The summed E-state index contributed by atoms with van der Waals surface area (Å²) in [5.74, 6) is -5.90. The lowest BCUT2D eigenvalue weighted by atomic mass is 9.72. The summed E-state index contributed by atoms with van der Waals surface area (Å²) >= 11 is 0. The molecule has 1 aromatic rings. The van der Waals surface area contributed by atoms with Crippen molar-refractivity contribution in [1.29, 1.82) is 0 Å². The second kappa shape index (κ2) is 8.09. The number of hydrogen-bond donors (Lipinski definition) is 2. The van der Waals surface area contributed by atoms with Gasteiger partial charge < -0.3 is 20.5 Å². The number of carbonyl (C=O) groups excluding carboxylic acids is 4. The van der Waals surface area contributed by atoms with E-state index in [1.165, 1.54) is 6.92 Å². The molecule has 0 fully saturated rings. The van der Waals surface area contributed by atoms with Crippen LogP contribution in [0.5, 0.6) is 0 Å². The summed E-state index contributed by atoms with van der Waals surface area (Å²) in [6, 6.07) is 8.13. The number of rotatable bonds is 7. The summed E-state index contributed by atoms with van der Waals surface area (Å²) in [5, 5.41) is 2.42. The largest absolute Gasteiger partial charge is 0.469 e. The molecular weight excluding hydrogens is 316 g/mol. The maximum atomic E-state index is 12.8. The fourth-order valence-corrected chi connectivity index (χ4v) is 2.48. The number of hydrogen-bond acceptors (Lipinski definition) is 6. The molecule has 8 heteroatoms. The van der Waals surface area contributed by atoms with Crippen molar-refractivity contribution in [3.05, 3.63) is 30.3 Å². The number of ether oxygens (including phenoxy) is 2. The molecule has 2 atom stereocenters. The van der Waals surface area contributed by atoms with E-state index in [4.69, 9.17) is 5.73 Å². The third-order valence-corrected chi connectivity index (χ3v) is 3.70. The third-order valence-electron chi connectivity index (χ3n) is 3.70. The number of nitrogens with one attached hydrogen (secondary N) is 1. The van der Waals surface area contributed by atoms with Gasteiger partial charge in [0.25, 0.3) is 5.91 Å². The summed E-state index contributed by atoms with van der Waals surface area (Å²) < 4.78 is 9.22. The Balaban J connectivity index is 3.45. The van der Waals surface area contributed by atoms with Crippen LogP contribution in [-0.2, 0) is 28.7 Å². The van der Waals surface area contributed by atoms with Crippen molar-refractivity contribution in [1.82, 2.24) is 0 Å². The Labute approximate surface area is 139 Å². The van der Waals surface area contributed by atoms with Crippen LogP contribution in [-0.4, -0.2) is 38.0 Å². The fraction of sp³-hybridized carbons (Fsp3) is 0.375. The van der Waals surface area contributed by atoms with Crippen molar-refractivity contribution >= 4 is 29.4 Å². The summed E-state index contributed by atoms with van der Waals surface area (Å²) in [6.07, 6.45) is -0.0348. The maximum Gasteiger partial charge on any atom is 0.332 e. The van der Waals surface area contributed by atoms with E-state index in [1.807, 2.05) is 0 Å². The highest BCUT2D eigenvalue weighted by atomic mass is 16.5. The van der Waals surface area contributed by atoms with Gasteiger partial charge in [-0.1, -0.05) is 25.1 Å². The van der Waals surface area contributed by atoms with Crippen molar-refractivity contribution in [2.75, 3.05) is 19.5 Å². The highest BCUT2D eigenvalue weighted by Gasteiger charge is 2.61. The monoisotopic (exact) mass is 336 g/mol. The average molecular weight is 336 g/mol. The zero-order valence-corrected chi connectivity index (χ0v) is 13.7. The lowest BCUT2D eigenvalue weighted by Gasteiger charge is -2.31. The zero-order valence-electron chi connectivity index (χ0n) is 13.7. The molecule has 8 nitrogen and oxygen atoms in total. The third kappa shape index (κ3) is 3.37. The Morgan fingerprint density at radius 3 is 2.12 bits per heavy atom. The molecule has 0 aromatic heterocycles. The van der Waals surface area contributed by atoms with Gasteiger partial charge in [0.15, 0.2) is 0 Å². The number of esters is 2. The predicted molar refractivity (Wildman–Crippen MR) is 84.5 cm³/mol. The van der Waals surface area contributed by atoms with Crippen LogP contribution in [0.3, 0.4) is 0 Å². The van der Waals surface area contributed by atoms with Gasteiger partial charge in [-0.25, -0.2) is 0 Å². The SMILES string of the molecule is CCC(C(=O)OC)C(C(N)=O)(C(=O)Nc1ccccc1)C(=O)OC. The molecule has 0 aliphatic rings. The number of amides is 2. The maximum absolute atomic E-state index is 12.8. The fourth-order valence-electron chi connectivity index (χ4n) is 2.48. The molecule has 0 spiro atoms. The van der Waals surface area contributed by atoms with Crippen molar-refractivity contribution in [2.45, 2.75) is 13.3 Å². The molecule has 2 amide bonds. The van der Waals surface area contributed by atoms with E-state index < -0.39 is 35.1 Å². The molecule has 130 valence electrons. The quantitative estimate of drug-likeness (QED) is 0.551. The number of primary amides is 1. The van der Waals surface area contributed by atoms with E-state index in [0.29, 0.717) is 5.69 Å². The van der Waals surface area contributed by atoms with Gasteiger partial charge in [-0.2, -0.15) is 0 Å². The number of para-hydroxylation sites is 1. The van der Waals surface area contributed by atoms with E-state index in [-0.39, 0.29) is 6.42 Å². The molecule has 0 saturated heterocycles. The van der Waals surface area contributed by atoms with Gasteiger partial charge in [-0.15, -0.1) is 0 Å². The first-order valence-corrected chi connectivity index (χ1v) is 7.18. The normalized spacial score (nSPS) is 14.0. The lowest BCUT2D eigenvalue weighted by molar-refractivity contribution is -0.173. The molecule has 0 radical (unpaired) electrons. The minimum absolute atomic E-state index is 0.0348. The Bertz CT molecular complexity index is 631. The number of methoxy groups -OCH3 is 2. The van der Waals surface area contributed by atoms with Crippen molar-refractivity contribution < 1.29 is 28.7 Å². The second-order valence-corrected chi connectivity index (χ2v) is 4.97.